The lowest BCUT2D eigenvalue weighted by molar-refractivity contribution is -0.117. The number of aliphatic hydroxyl groups is 1. The molecule has 19 heavy (non-hydrogen) atoms. The number of nitriles is 1. The molecule has 0 radical (unpaired) electrons. The summed E-state index contributed by atoms with van der Waals surface area (Å²) < 4.78 is 5.04. The van der Waals surface area contributed by atoms with Crippen molar-refractivity contribution in [2.45, 2.75) is 26.4 Å². The molecule has 2 unspecified atom stereocenters. The summed E-state index contributed by atoms with van der Waals surface area (Å²) in [6, 6.07) is 5.14. The van der Waals surface area contributed by atoms with Crippen molar-refractivity contribution in [1.82, 2.24) is 5.32 Å². The van der Waals surface area contributed by atoms with E-state index in [0.29, 0.717) is 5.76 Å². The van der Waals surface area contributed by atoms with Crippen LogP contribution in [0.5, 0.6) is 0 Å². The first-order chi connectivity index (χ1) is 9.08. The van der Waals surface area contributed by atoms with Crippen molar-refractivity contribution in [3.63, 3.8) is 0 Å². The minimum Gasteiger partial charge on any atom is -0.465 e. The fourth-order valence-electron chi connectivity index (χ4n) is 1.43. The number of carbonyl (C=O) groups excluding carboxylic acids is 1. The molecule has 1 aromatic heterocycles. The monoisotopic (exact) mass is 262 g/mol. The maximum atomic E-state index is 11.8. The molecular weight excluding hydrogens is 244 g/mol. The van der Waals surface area contributed by atoms with Crippen molar-refractivity contribution in [1.29, 1.82) is 5.26 Å². The first-order valence-corrected chi connectivity index (χ1v) is 6.20. The van der Waals surface area contributed by atoms with E-state index in [2.05, 4.69) is 5.32 Å². The van der Waals surface area contributed by atoms with E-state index in [1.807, 2.05) is 19.9 Å². The van der Waals surface area contributed by atoms with Crippen LogP contribution >= 0.6 is 0 Å². The summed E-state index contributed by atoms with van der Waals surface area (Å²) >= 11 is 0. The third-order valence-corrected chi connectivity index (χ3v) is 2.97. The van der Waals surface area contributed by atoms with E-state index in [1.54, 1.807) is 12.1 Å². The highest BCUT2D eigenvalue weighted by Gasteiger charge is 2.15. The predicted molar refractivity (Wildman–Crippen MR) is 70.8 cm³/mol. The van der Waals surface area contributed by atoms with E-state index in [0.717, 1.165) is 6.42 Å². The molecule has 0 aliphatic heterocycles. The molecule has 1 heterocycles. The summed E-state index contributed by atoms with van der Waals surface area (Å²) in [5, 5.41) is 21.2. The van der Waals surface area contributed by atoms with Crippen molar-refractivity contribution < 1.29 is 14.3 Å². The van der Waals surface area contributed by atoms with Gasteiger partial charge in [0.15, 0.2) is 0 Å². The second kappa shape index (κ2) is 7.39. The first-order valence-electron chi connectivity index (χ1n) is 6.20. The van der Waals surface area contributed by atoms with E-state index in [4.69, 9.17) is 9.68 Å². The third kappa shape index (κ3) is 4.60. The third-order valence-electron chi connectivity index (χ3n) is 2.97. The maximum absolute atomic E-state index is 11.8. The molecule has 0 bridgehead atoms. The lowest BCUT2D eigenvalue weighted by Gasteiger charge is -2.17. The van der Waals surface area contributed by atoms with Crippen LogP contribution in [0.15, 0.2) is 28.4 Å². The number of nitrogens with one attached hydrogen (secondary N) is 1. The Morgan fingerprint density at radius 3 is 2.95 bits per heavy atom. The van der Waals surface area contributed by atoms with Gasteiger partial charge in [-0.15, -0.1) is 0 Å². The van der Waals surface area contributed by atoms with Crippen molar-refractivity contribution >= 4 is 12.0 Å². The van der Waals surface area contributed by atoms with Crippen molar-refractivity contribution in [3.8, 4) is 6.07 Å². The minimum atomic E-state index is -0.613. The highest BCUT2D eigenvalue weighted by Crippen LogP contribution is 2.08. The summed E-state index contributed by atoms with van der Waals surface area (Å²) in [4.78, 5) is 11.8. The Labute approximate surface area is 112 Å². The Hall–Kier alpha value is -2.06. The van der Waals surface area contributed by atoms with Gasteiger partial charge in [-0.2, -0.15) is 5.26 Å². The normalized spacial score (nSPS) is 14.5. The van der Waals surface area contributed by atoms with Gasteiger partial charge in [0.05, 0.1) is 12.4 Å². The van der Waals surface area contributed by atoms with Crippen LogP contribution in [0.25, 0.3) is 6.08 Å². The van der Waals surface area contributed by atoms with Crippen LogP contribution in [0.3, 0.4) is 0 Å². The van der Waals surface area contributed by atoms with Gasteiger partial charge < -0.3 is 14.8 Å². The van der Waals surface area contributed by atoms with E-state index in [-0.39, 0.29) is 18.0 Å². The molecule has 2 atom stereocenters. The molecule has 0 aliphatic carbocycles. The van der Waals surface area contributed by atoms with Crippen LogP contribution in [0.4, 0.5) is 0 Å². The molecule has 1 aromatic rings. The topological polar surface area (TPSA) is 86.3 Å². The summed E-state index contributed by atoms with van der Waals surface area (Å²) in [6.45, 7) is 4.00. The van der Waals surface area contributed by atoms with E-state index < -0.39 is 12.0 Å². The van der Waals surface area contributed by atoms with Gasteiger partial charge in [0.2, 0.25) is 0 Å². The number of furan rings is 1. The van der Waals surface area contributed by atoms with Crippen LogP contribution in [0, 0.1) is 17.2 Å². The molecule has 0 fully saturated rings. The van der Waals surface area contributed by atoms with E-state index in [1.165, 1.54) is 12.3 Å². The quantitative estimate of drug-likeness (QED) is 0.603. The highest BCUT2D eigenvalue weighted by atomic mass is 16.3. The summed E-state index contributed by atoms with van der Waals surface area (Å²) in [5.74, 6) is 0.0234. The van der Waals surface area contributed by atoms with Crippen LogP contribution in [-0.2, 0) is 4.79 Å². The molecule has 0 aliphatic rings. The van der Waals surface area contributed by atoms with Gasteiger partial charge in [0, 0.05) is 12.6 Å². The molecule has 5 heteroatoms. The van der Waals surface area contributed by atoms with Crippen molar-refractivity contribution in [2.24, 2.45) is 5.92 Å². The van der Waals surface area contributed by atoms with Gasteiger partial charge in [0.25, 0.3) is 5.91 Å². The number of hydrogen-bond donors (Lipinski definition) is 2. The predicted octanol–water partition coefficient (Wildman–Crippen LogP) is 1.71. The summed E-state index contributed by atoms with van der Waals surface area (Å²) in [7, 11) is 0. The molecular formula is C14H18N2O3. The largest absolute Gasteiger partial charge is 0.465 e. The lowest BCUT2D eigenvalue weighted by Crippen LogP contribution is -2.35. The second-order valence-corrected chi connectivity index (χ2v) is 4.35. The SMILES string of the molecule is CCC(C)C(O)CNC(=O)/C(C#N)=C/c1ccco1. The van der Waals surface area contributed by atoms with Crippen molar-refractivity contribution in [3.05, 3.63) is 29.7 Å². The average molecular weight is 262 g/mol. The molecule has 0 saturated carbocycles. The standard InChI is InChI=1S/C14H18N2O3/c1-3-10(2)13(17)9-16-14(18)11(8-15)7-12-5-4-6-19-12/h4-7,10,13,17H,3,9H2,1-2H3,(H,16,18)/b11-7+. The van der Waals surface area contributed by atoms with E-state index >= 15 is 0 Å². The first kappa shape index (κ1) is 15.0. The smallest absolute Gasteiger partial charge is 0.262 e. The van der Waals surface area contributed by atoms with Gasteiger partial charge in [-0.3, -0.25) is 4.79 Å². The zero-order chi connectivity index (χ0) is 14.3. The summed E-state index contributed by atoms with van der Waals surface area (Å²) in [6.07, 6.45) is 3.04. The zero-order valence-electron chi connectivity index (χ0n) is 11.1. The highest BCUT2D eigenvalue weighted by molar-refractivity contribution is 6.01. The number of aliphatic hydroxyl groups excluding tert-OH is 1. The van der Waals surface area contributed by atoms with E-state index in [9.17, 15) is 9.90 Å². The van der Waals surface area contributed by atoms with Crippen LogP contribution in [0.2, 0.25) is 0 Å². The van der Waals surface area contributed by atoms with Crippen LogP contribution < -0.4 is 5.32 Å². The fraction of sp³-hybridized carbons (Fsp3) is 0.429. The molecule has 1 rings (SSSR count). The van der Waals surface area contributed by atoms with Gasteiger partial charge in [-0.25, -0.2) is 0 Å². The molecule has 1 amide bonds. The molecule has 0 saturated heterocycles. The molecule has 102 valence electrons. The Morgan fingerprint density at radius 1 is 1.68 bits per heavy atom. The number of hydrogen-bond acceptors (Lipinski definition) is 4. The average Bonchev–Trinajstić information content (AvgIpc) is 2.93. The Morgan fingerprint density at radius 2 is 2.42 bits per heavy atom. The van der Waals surface area contributed by atoms with Gasteiger partial charge in [0.1, 0.15) is 17.4 Å². The molecule has 0 aromatic carbocycles. The Bertz CT molecular complexity index is 471. The van der Waals surface area contributed by atoms with Gasteiger partial charge in [-0.1, -0.05) is 20.3 Å². The molecule has 0 spiro atoms. The van der Waals surface area contributed by atoms with Crippen molar-refractivity contribution in [2.75, 3.05) is 6.54 Å². The van der Waals surface area contributed by atoms with Crippen LogP contribution in [-0.4, -0.2) is 23.7 Å². The molecule has 5 nitrogen and oxygen atoms in total. The number of amides is 1. The Kier molecular flexibility index (Phi) is 5.83. The number of nitrogens with zero attached hydrogens (tertiary/aromatic N) is 1. The fourth-order valence-corrected chi connectivity index (χ4v) is 1.43. The lowest BCUT2D eigenvalue weighted by atomic mass is 10.0. The Balaban J connectivity index is 2.59. The maximum Gasteiger partial charge on any atom is 0.262 e. The van der Waals surface area contributed by atoms with Crippen LogP contribution in [0.1, 0.15) is 26.0 Å². The number of rotatable bonds is 6. The van der Waals surface area contributed by atoms with Gasteiger partial charge in [-0.05, 0) is 18.1 Å². The van der Waals surface area contributed by atoms with Gasteiger partial charge >= 0.3 is 0 Å². The second-order valence-electron chi connectivity index (χ2n) is 4.35. The zero-order valence-corrected chi connectivity index (χ0v) is 11.1. The summed E-state index contributed by atoms with van der Waals surface area (Å²) in [5.41, 5.74) is -0.0497. The number of carbonyl (C=O) groups is 1. The molecule has 2 N–H and O–H groups in total. The minimum absolute atomic E-state index is 0.0497.